The lowest BCUT2D eigenvalue weighted by atomic mass is 10.1. The first-order chi connectivity index (χ1) is 14.6. The Morgan fingerprint density at radius 2 is 2.07 bits per heavy atom. The summed E-state index contributed by atoms with van der Waals surface area (Å²) in [5.41, 5.74) is 3.44. The van der Waals surface area contributed by atoms with E-state index in [0.717, 1.165) is 37.3 Å². The van der Waals surface area contributed by atoms with Crippen molar-refractivity contribution < 1.29 is 9.53 Å². The summed E-state index contributed by atoms with van der Waals surface area (Å²) in [6, 6.07) is 16.1. The highest BCUT2D eigenvalue weighted by Crippen LogP contribution is 2.29. The zero-order chi connectivity index (χ0) is 20.9. The fraction of sp³-hybridized carbons (Fsp3) is 0.304. The number of anilines is 1. The minimum Gasteiger partial charge on any atom is -0.495 e. The number of aryl methyl sites for hydroxylation is 1. The van der Waals surface area contributed by atoms with Crippen molar-refractivity contribution in [1.29, 1.82) is 0 Å². The first-order valence-electron chi connectivity index (χ1n) is 9.98. The number of hydrogen-bond acceptors (Lipinski definition) is 5. The first-order valence-corrected chi connectivity index (χ1v) is 11.2. The number of hydrogen-bond donors (Lipinski definition) is 1. The van der Waals surface area contributed by atoms with Crippen LogP contribution in [0.2, 0.25) is 5.02 Å². The maximum absolute atomic E-state index is 12.4. The van der Waals surface area contributed by atoms with E-state index in [9.17, 15) is 4.79 Å². The average Bonchev–Trinajstić information content (AvgIpc) is 3.14. The number of thiazole rings is 1. The molecule has 0 spiro atoms. The van der Waals surface area contributed by atoms with E-state index < -0.39 is 0 Å². The molecule has 30 heavy (non-hydrogen) atoms. The second-order valence-corrected chi connectivity index (χ2v) is 8.84. The molecule has 0 atom stereocenters. The summed E-state index contributed by atoms with van der Waals surface area (Å²) in [6.45, 7) is 2.80. The number of halogens is 1. The van der Waals surface area contributed by atoms with E-state index in [-0.39, 0.29) is 5.91 Å². The van der Waals surface area contributed by atoms with Gasteiger partial charge in [0.2, 0.25) is 5.91 Å². The molecule has 0 unspecified atom stereocenters. The van der Waals surface area contributed by atoms with E-state index in [0.29, 0.717) is 28.7 Å². The normalized spacial score (nSPS) is 13.7. The van der Waals surface area contributed by atoms with Crippen molar-refractivity contribution in [3.8, 4) is 5.75 Å². The molecule has 1 N–H and O–H groups in total. The lowest BCUT2D eigenvalue weighted by Gasteiger charge is -2.25. The van der Waals surface area contributed by atoms with Crippen LogP contribution < -0.4 is 10.1 Å². The third-order valence-corrected chi connectivity index (χ3v) is 6.46. The summed E-state index contributed by atoms with van der Waals surface area (Å²) < 4.78 is 5.16. The Labute approximate surface area is 185 Å². The second kappa shape index (κ2) is 9.60. The zero-order valence-corrected chi connectivity index (χ0v) is 18.4. The zero-order valence-electron chi connectivity index (χ0n) is 16.9. The number of carbonyl (C=O) groups is 1. The van der Waals surface area contributed by atoms with E-state index in [4.69, 9.17) is 16.3 Å². The Balaban J connectivity index is 1.31. The predicted molar refractivity (Wildman–Crippen MR) is 121 cm³/mol. The Morgan fingerprint density at radius 1 is 1.23 bits per heavy atom. The van der Waals surface area contributed by atoms with Crippen molar-refractivity contribution in [1.82, 2.24) is 9.88 Å². The minimum absolute atomic E-state index is 0.0332. The van der Waals surface area contributed by atoms with Crippen LogP contribution >= 0.6 is 22.9 Å². The minimum atomic E-state index is -0.0332. The van der Waals surface area contributed by atoms with E-state index in [1.807, 2.05) is 24.3 Å². The number of nitrogens with zero attached hydrogens (tertiary/aromatic N) is 2. The molecule has 3 aromatic rings. The number of rotatable bonds is 7. The van der Waals surface area contributed by atoms with Crippen LogP contribution in [0, 0.1) is 0 Å². The molecule has 0 bridgehead atoms. The smallest absolute Gasteiger partial charge is 0.226 e. The van der Waals surface area contributed by atoms with Gasteiger partial charge in [0.15, 0.2) is 5.13 Å². The SMILES string of the molecule is COc1ccc(CCC(=O)Nc2nc3c(s2)CN(Cc2ccccc2)CC3)cc1Cl. The van der Waals surface area contributed by atoms with Crippen LogP contribution in [0.1, 0.15) is 28.1 Å². The monoisotopic (exact) mass is 441 g/mol. The summed E-state index contributed by atoms with van der Waals surface area (Å²) >= 11 is 7.74. The standard InChI is InChI=1S/C23H24ClN3O2S/c1-29-20-9-7-16(13-18(20)24)8-10-22(28)26-23-25-19-11-12-27(15-21(19)30-23)14-17-5-3-2-4-6-17/h2-7,9,13H,8,10-12,14-15H2,1H3,(H,25,26,28). The molecule has 0 saturated heterocycles. The number of aromatic nitrogens is 1. The van der Waals surface area contributed by atoms with Crippen LogP contribution in [0.3, 0.4) is 0 Å². The van der Waals surface area contributed by atoms with Crippen molar-refractivity contribution in [2.45, 2.75) is 32.4 Å². The number of fused-ring (bicyclic) bond motifs is 1. The summed E-state index contributed by atoms with van der Waals surface area (Å²) in [5.74, 6) is 0.605. The number of benzene rings is 2. The topological polar surface area (TPSA) is 54.5 Å². The first kappa shape index (κ1) is 20.8. The summed E-state index contributed by atoms with van der Waals surface area (Å²) in [4.78, 5) is 20.7. The molecule has 5 nitrogen and oxygen atoms in total. The molecule has 1 aliphatic rings. The summed E-state index contributed by atoms with van der Waals surface area (Å²) in [7, 11) is 1.59. The van der Waals surface area contributed by atoms with Gasteiger partial charge in [-0.1, -0.05) is 48.0 Å². The largest absolute Gasteiger partial charge is 0.495 e. The van der Waals surface area contributed by atoms with Gasteiger partial charge in [-0.25, -0.2) is 4.98 Å². The van der Waals surface area contributed by atoms with E-state index in [2.05, 4.69) is 39.5 Å². The van der Waals surface area contributed by atoms with Gasteiger partial charge < -0.3 is 10.1 Å². The Kier molecular flexibility index (Phi) is 6.67. The predicted octanol–water partition coefficient (Wildman–Crippen LogP) is 4.93. The molecule has 0 fully saturated rings. The van der Waals surface area contributed by atoms with Gasteiger partial charge in [-0.2, -0.15) is 0 Å². The highest BCUT2D eigenvalue weighted by molar-refractivity contribution is 7.15. The van der Waals surface area contributed by atoms with Crippen LogP contribution in [0.25, 0.3) is 0 Å². The van der Waals surface area contributed by atoms with Gasteiger partial charge in [0, 0.05) is 37.4 Å². The highest BCUT2D eigenvalue weighted by Gasteiger charge is 2.21. The number of nitrogens with one attached hydrogen (secondary N) is 1. The lowest BCUT2D eigenvalue weighted by Crippen LogP contribution is -2.29. The van der Waals surface area contributed by atoms with Crippen LogP contribution in [-0.2, 0) is 30.7 Å². The molecule has 1 aromatic heterocycles. The van der Waals surface area contributed by atoms with Gasteiger partial charge >= 0.3 is 0 Å². The van der Waals surface area contributed by atoms with Gasteiger partial charge in [0.05, 0.1) is 17.8 Å². The summed E-state index contributed by atoms with van der Waals surface area (Å²) in [5, 5.41) is 4.22. The molecule has 7 heteroatoms. The van der Waals surface area contributed by atoms with Gasteiger partial charge in [-0.15, -0.1) is 11.3 Å². The van der Waals surface area contributed by atoms with Crippen molar-refractivity contribution in [3.63, 3.8) is 0 Å². The fourth-order valence-electron chi connectivity index (χ4n) is 3.58. The maximum Gasteiger partial charge on any atom is 0.226 e. The average molecular weight is 442 g/mol. The van der Waals surface area contributed by atoms with Crippen LogP contribution in [0.5, 0.6) is 5.75 Å². The molecule has 0 aliphatic carbocycles. The Morgan fingerprint density at radius 3 is 2.83 bits per heavy atom. The third kappa shape index (κ3) is 5.19. The second-order valence-electron chi connectivity index (χ2n) is 7.35. The number of carbonyl (C=O) groups excluding carboxylic acids is 1. The van der Waals surface area contributed by atoms with Crippen molar-refractivity contribution in [2.75, 3.05) is 19.0 Å². The van der Waals surface area contributed by atoms with Crippen LogP contribution in [0.15, 0.2) is 48.5 Å². The fourth-order valence-corrected chi connectivity index (χ4v) is 4.93. The Bertz CT molecular complexity index is 1020. The van der Waals surface area contributed by atoms with E-state index >= 15 is 0 Å². The van der Waals surface area contributed by atoms with Gasteiger partial charge in [-0.05, 0) is 29.7 Å². The molecule has 156 valence electrons. The van der Waals surface area contributed by atoms with Crippen molar-refractivity contribution >= 4 is 34.0 Å². The molecule has 1 aliphatic heterocycles. The Hall–Kier alpha value is -2.41. The van der Waals surface area contributed by atoms with Crippen molar-refractivity contribution in [2.24, 2.45) is 0 Å². The third-order valence-electron chi connectivity index (χ3n) is 5.16. The lowest BCUT2D eigenvalue weighted by molar-refractivity contribution is -0.116. The van der Waals surface area contributed by atoms with Gasteiger partial charge in [-0.3, -0.25) is 9.69 Å². The van der Waals surface area contributed by atoms with Crippen LogP contribution in [-0.4, -0.2) is 29.4 Å². The molecular formula is C23H24ClN3O2S. The molecule has 1 amide bonds. The highest BCUT2D eigenvalue weighted by atomic mass is 35.5. The number of amides is 1. The number of ether oxygens (including phenoxy) is 1. The molecule has 2 aromatic carbocycles. The van der Waals surface area contributed by atoms with Gasteiger partial charge in [0.25, 0.3) is 0 Å². The molecule has 4 rings (SSSR count). The molecular weight excluding hydrogens is 418 g/mol. The quantitative estimate of drug-likeness (QED) is 0.564. The van der Waals surface area contributed by atoms with Gasteiger partial charge in [0.1, 0.15) is 5.75 Å². The van der Waals surface area contributed by atoms with E-state index in [1.165, 1.54) is 10.4 Å². The molecule has 0 saturated carbocycles. The maximum atomic E-state index is 12.4. The van der Waals surface area contributed by atoms with Crippen molar-refractivity contribution in [3.05, 3.63) is 75.3 Å². The summed E-state index contributed by atoms with van der Waals surface area (Å²) in [6.07, 6.45) is 1.91. The van der Waals surface area contributed by atoms with Crippen LogP contribution in [0.4, 0.5) is 5.13 Å². The number of methoxy groups -OCH3 is 1. The van der Waals surface area contributed by atoms with E-state index in [1.54, 1.807) is 18.4 Å². The molecule has 0 radical (unpaired) electrons. The molecule has 2 heterocycles.